The molecule has 0 N–H and O–H groups in total. The van der Waals surface area contributed by atoms with E-state index in [2.05, 4.69) is 43.0 Å². The molecule has 148 valence electrons. The molecule has 1 amide bonds. The molecule has 0 bridgehead atoms. The van der Waals surface area contributed by atoms with Crippen LogP contribution in [0.3, 0.4) is 0 Å². The highest BCUT2D eigenvalue weighted by atomic mass is 16.2. The summed E-state index contributed by atoms with van der Waals surface area (Å²) in [6.07, 6.45) is 0. The first-order valence-electron chi connectivity index (χ1n) is 10.0. The number of amides is 1. The van der Waals surface area contributed by atoms with Crippen LogP contribution in [-0.2, 0) is 0 Å². The fraction of sp³-hybridized carbons (Fsp3) is 0.292. The lowest BCUT2D eigenvalue weighted by atomic mass is 10.1. The van der Waals surface area contributed by atoms with Gasteiger partial charge >= 0.3 is 0 Å². The summed E-state index contributed by atoms with van der Waals surface area (Å²) < 4.78 is 0. The first-order chi connectivity index (χ1) is 14.0. The van der Waals surface area contributed by atoms with E-state index in [9.17, 15) is 4.79 Å². The molecule has 2 heterocycles. The second kappa shape index (κ2) is 8.03. The Hall–Kier alpha value is -3.21. The SMILES string of the molecule is Cc1ccc(-c2nc(C)c(C)c(N3CCN(C(=O)c4ccccc4)CC3)n2)cc1. The number of aromatic nitrogens is 2. The van der Waals surface area contributed by atoms with Crippen LogP contribution in [0, 0.1) is 20.8 Å². The maximum Gasteiger partial charge on any atom is 0.253 e. The average molecular weight is 386 g/mol. The Morgan fingerprint density at radius 3 is 2.14 bits per heavy atom. The minimum absolute atomic E-state index is 0.0983. The summed E-state index contributed by atoms with van der Waals surface area (Å²) in [5.41, 5.74) is 5.09. The molecule has 0 saturated carbocycles. The number of hydrogen-bond acceptors (Lipinski definition) is 4. The first kappa shape index (κ1) is 19.1. The largest absolute Gasteiger partial charge is 0.353 e. The molecule has 2 aromatic carbocycles. The van der Waals surface area contributed by atoms with Gasteiger partial charge in [-0.1, -0.05) is 48.0 Å². The maximum atomic E-state index is 12.7. The number of rotatable bonds is 3. The zero-order valence-electron chi connectivity index (χ0n) is 17.2. The van der Waals surface area contributed by atoms with Crippen molar-refractivity contribution in [3.05, 3.63) is 77.0 Å². The van der Waals surface area contributed by atoms with E-state index in [0.717, 1.165) is 47.1 Å². The van der Waals surface area contributed by atoms with Gasteiger partial charge in [-0.15, -0.1) is 0 Å². The van der Waals surface area contributed by atoms with Crippen molar-refractivity contribution in [3.63, 3.8) is 0 Å². The number of carbonyl (C=O) groups excluding carboxylic acids is 1. The molecule has 0 radical (unpaired) electrons. The minimum Gasteiger partial charge on any atom is -0.353 e. The Morgan fingerprint density at radius 2 is 1.48 bits per heavy atom. The summed E-state index contributed by atoms with van der Waals surface area (Å²) in [5.74, 6) is 1.83. The van der Waals surface area contributed by atoms with Crippen LogP contribution in [0.25, 0.3) is 11.4 Å². The van der Waals surface area contributed by atoms with E-state index in [4.69, 9.17) is 9.97 Å². The van der Waals surface area contributed by atoms with Gasteiger partial charge in [-0.3, -0.25) is 4.79 Å². The van der Waals surface area contributed by atoms with Crippen molar-refractivity contribution in [2.75, 3.05) is 31.1 Å². The Bertz CT molecular complexity index is 1010. The predicted octanol–water partition coefficient (Wildman–Crippen LogP) is 4.03. The maximum absolute atomic E-state index is 12.7. The molecule has 1 fully saturated rings. The van der Waals surface area contributed by atoms with Crippen molar-refractivity contribution in [1.29, 1.82) is 0 Å². The van der Waals surface area contributed by atoms with Crippen LogP contribution in [0.15, 0.2) is 54.6 Å². The summed E-state index contributed by atoms with van der Waals surface area (Å²) in [6, 6.07) is 17.8. The summed E-state index contributed by atoms with van der Waals surface area (Å²) in [6.45, 7) is 9.10. The molecule has 0 aliphatic carbocycles. The topological polar surface area (TPSA) is 49.3 Å². The van der Waals surface area contributed by atoms with Crippen LogP contribution in [0.4, 0.5) is 5.82 Å². The van der Waals surface area contributed by atoms with Crippen molar-refractivity contribution in [2.45, 2.75) is 20.8 Å². The molecule has 1 aliphatic heterocycles. The number of piperazine rings is 1. The third-order valence-electron chi connectivity index (χ3n) is 5.56. The number of nitrogens with zero attached hydrogens (tertiary/aromatic N) is 4. The highest BCUT2D eigenvalue weighted by Gasteiger charge is 2.24. The van der Waals surface area contributed by atoms with Crippen molar-refractivity contribution in [3.8, 4) is 11.4 Å². The molecule has 0 unspecified atom stereocenters. The van der Waals surface area contributed by atoms with Gasteiger partial charge in [0.25, 0.3) is 5.91 Å². The van der Waals surface area contributed by atoms with E-state index in [1.54, 1.807) is 0 Å². The molecule has 3 aromatic rings. The first-order valence-corrected chi connectivity index (χ1v) is 10.0. The standard InChI is InChI=1S/C24H26N4O/c1-17-9-11-20(12-10-17)22-25-19(3)18(2)23(26-22)27-13-15-28(16-14-27)24(29)21-7-5-4-6-8-21/h4-12H,13-16H2,1-3H3. The summed E-state index contributed by atoms with van der Waals surface area (Å²) in [7, 11) is 0. The quantitative estimate of drug-likeness (QED) is 0.682. The van der Waals surface area contributed by atoms with Crippen molar-refractivity contribution in [1.82, 2.24) is 14.9 Å². The monoisotopic (exact) mass is 386 g/mol. The molecule has 0 spiro atoms. The van der Waals surface area contributed by atoms with Crippen LogP contribution in [-0.4, -0.2) is 47.0 Å². The van der Waals surface area contributed by atoms with Gasteiger partial charge in [0.1, 0.15) is 5.82 Å². The number of anilines is 1. The van der Waals surface area contributed by atoms with Crippen LogP contribution in [0.5, 0.6) is 0 Å². The van der Waals surface area contributed by atoms with Gasteiger partial charge in [0.15, 0.2) is 5.82 Å². The number of benzene rings is 2. The van der Waals surface area contributed by atoms with Crippen molar-refractivity contribution < 1.29 is 4.79 Å². The lowest BCUT2D eigenvalue weighted by molar-refractivity contribution is 0.0746. The lowest BCUT2D eigenvalue weighted by Crippen LogP contribution is -2.49. The molecule has 5 heteroatoms. The molecule has 1 aliphatic rings. The van der Waals surface area contributed by atoms with Crippen LogP contribution in [0.2, 0.25) is 0 Å². The van der Waals surface area contributed by atoms with Gasteiger partial charge in [0.2, 0.25) is 0 Å². The van der Waals surface area contributed by atoms with E-state index in [-0.39, 0.29) is 5.91 Å². The fourth-order valence-electron chi connectivity index (χ4n) is 3.64. The Balaban J connectivity index is 1.53. The van der Waals surface area contributed by atoms with Crippen molar-refractivity contribution in [2.24, 2.45) is 0 Å². The van der Waals surface area contributed by atoms with E-state index in [0.29, 0.717) is 13.1 Å². The third kappa shape index (κ3) is 3.99. The van der Waals surface area contributed by atoms with Gasteiger partial charge in [-0.25, -0.2) is 9.97 Å². The Morgan fingerprint density at radius 1 is 0.828 bits per heavy atom. The zero-order chi connectivity index (χ0) is 20.4. The Kier molecular flexibility index (Phi) is 5.30. The summed E-state index contributed by atoms with van der Waals surface area (Å²) in [5, 5.41) is 0. The number of carbonyl (C=O) groups is 1. The van der Waals surface area contributed by atoms with Crippen LogP contribution < -0.4 is 4.90 Å². The number of aryl methyl sites for hydroxylation is 2. The smallest absolute Gasteiger partial charge is 0.253 e. The van der Waals surface area contributed by atoms with Gasteiger partial charge in [0, 0.05) is 48.6 Å². The molecule has 1 saturated heterocycles. The van der Waals surface area contributed by atoms with Gasteiger partial charge in [-0.05, 0) is 32.9 Å². The average Bonchev–Trinajstić information content (AvgIpc) is 2.76. The zero-order valence-corrected chi connectivity index (χ0v) is 17.2. The molecular weight excluding hydrogens is 360 g/mol. The normalized spacial score (nSPS) is 14.2. The second-order valence-electron chi connectivity index (χ2n) is 7.59. The lowest BCUT2D eigenvalue weighted by Gasteiger charge is -2.36. The highest BCUT2D eigenvalue weighted by Crippen LogP contribution is 2.26. The van der Waals surface area contributed by atoms with Gasteiger partial charge < -0.3 is 9.80 Å². The number of hydrogen-bond donors (Lipinski definition) is 0. The predicted molar refractivity (Wildman–Crippen MR) is 116 cm³/mol. The van der Waals surface area contributed by atoms with E-state index in [1.165, 1.54) is 5.56 Å². The minimum atomic E-state index is 0.0983. The second-order valence-corrected chi connectivity index (χ2v) is 7.59. The van der Waals surface area contributed by atoms with Crippen LogP contribution in [0.1, 0.15) is 27.2 Å². The van der Waals surface area contributed by atoms with Crippen molar-refractivity contribution >= 4 is 11.7 Å². The third-order valence-corrected chi connectivity index (χ3v) is 5.56. The molecule has 5 nitrogen and oxygen atoms in total. The fourth-order valence-corrected chi connectivity index (χ4v) is 3.64. The Labute approximate surface area is 172 Å². The van der Waals surface area contributed by atoms with E-state index in [1.807, 2.05) is 42.2 Å². The molecule has 4 rings (SSSR count). The van der Waals surface area contributed by atoms with Gasteiger partial charge in [0.05, 0.1) is 0 Å². The summed E-state index contributed by atoms with van der Waals surface area (Å²) >= 11 is 0. The molecule has 29 heavy (non-hydrogen) atoms. The van der Waals surface area contributed by atoms with E-state index < -0.39 is 0 Å². The highest BCUT2D eigenvalue weighted by molar-refractivity contribution is 5.94. The molecular formula is C24H26N4O. The molecule has 0 atom stereocenters. The van der Waals surface area contributed by atoms with E-state index >= 15 is 0 Å². The van der Waals surface area contributed by atoms with Gasteiger partial charge in [-0.2, -0.15) is 0 Å². The summed E-state index contributed by atoms with van der Waals surface area (Å²) in [4.78, 5) is 26.5. The van der Waals surface area contributed by atoms with Crippen LogP contribution >= 0.6 is 0 Å². The molecule has 1 aromatic heterocycles.